The van der Waals surface area contributed by atoms with E-state index < -0.39 is 0 Å². The van der Waals surface area contributed by atoms with Crippen LogP contribution in [0.4, 0.5) is 5.13 Å². The highest BCUT2D eigenvalue weighted by molar-refractivity contribution is 7.22. The molecule has 0 radical (unpaired) electrons. The minimum atomic E-state index is -0.104. The van der Waals surface area contributed by atoms with Crippen LogP contribution in [0.3, 0.4) is 0 Å². The van der Waals surface area contributed by atoms with Crippen molar-refractivity contribution in [3.05, 3.63) is 58.7 Å². The number of nitrogens with zero attached hydrogens (tertiary/aromatic N) is 1. The minimum Gasteiger partial charge on any atom is -0.298 e. The van der Waals surface area contributed by atoms with Crippen molar-refractivity contribution in [1.82, 2.24) is 4.98 Å². The van der Waals surface area contributed by atoms with Gasteiger partial charge in [-0.05, 0) is 49.6 Å². The molecule has 106 valence electrons. The number of rotatable bonds is 2. The molecule has 3 rings (SSSR count). The summed E-state index contributed by atoms with van der Waals surface area (Å²) in [6.07, 6.45) is 0. The highest BCUT2D eigenvalue weighted by atomic mass is 32.1. The van der Waals surface area contributed by atoms with Crippen LogP contribution in [0.2, 0.25) is 0 Å². The highest BCUT2D eigenvalue weighted by Crippen LogP contribution is 2.28. The molecular formula is C17H16N2OS. The summed E-state index contributed by atoms with van der Waals surface area (Å²) in [6.45, 7) is 6.00. The van der Waals surface area contributed by atoms with Crippen LogP contribution in [0.15, 0.2) is 36.4 Å². The van der Waals surface area contributed by atoms with E-state index in [1.807, 2.05) is 57.2 Å². The summed E-state index contributed by atoms with van der Waals surface area (Å²) in [5.74, 6) is -0.104. The van der Waals surface area contributed by atoms with Gasteiger partial charge in [-0.3, -0.25) is 10.1 Å². The van der Waals surface area contributed by atoms with Crippen molar-refractivity contribution in [3.8, 4) is 0 Å². The van der Waals surface area contributed by atoms with Crippen LogP contribution in [0, 0.1) is 20.8 Å². The summed E-state index contributed by atoms with van der Waals surface area (Å²) in [5, 5.41) is 3.56. The molecule has 1 amide bonds. The van der Waals surface area contributed by atoms with Crippen molar-refractivity contribution in [2.24, 2.45) is 0 Å². The number of hydrogen-bond acceptors (Lipinski definition) is 3. The maximum Gasteiger partial charge on any atom is 0.257 e. The molecule has 0 spiro atoms. The van der Waals surface area contributed by atoms with Gasteiger partial charge in [-0.15, -0.1) is 0 Å². The number of anilines is 1. The van der Waals surface area contributed by atoms with Crippen molar-refractivity contribution in [3.63, 3.8) is 0 Å². The van der Waals surface area contributed by atoms with E-state index in [1.165, 1.54) is 11.3 Å². The Morgan fingerprint density at radius 3 is 2.52 bits per heavy atom. The van der Waals surface area contributed by atoms with Gasteiger partial charge in [0.15, 0.2) is 5.13 Å². The highest BCUT2D eigenvalue weighted by Gasteiger charge is 2.13. The largest absolute Gasteiger partial charge is 0.298 e. The third-order valence-electron chi connectivity index (χ3n) is 3.69. The summed E-state index contributed by atoms with van der Waals surface area (Å²) in [7, 11) is 0. The zero-order valence-electron chi connectivity index (χ0n) is 12.2. The molecular weight excluding hydrogens is 280 g/mol. The molecule has 3 nitrogen and oxygen atoms in total. The summed E-state index contributed by atoms with van der Waals surface area (Å²) in [4.78, 5) is 16.9. The first-order valence-corrected chi connectivity index (χ1v) is 7.61. The molecule has 4 heteroatoms. The molecule has 21 heavy (non-hydrogen) atoms. The lowest BCUT2D eigenvalue weighted by Gasteiger charge is -2.07. The van der Waals surface area contributed by atoms with E-state index in [1.54, 1.807) is 0 Å². The molecule has 0 aliphatic heterocycles. The molecule has 1 heterocycles. The van der Waals surface area contributed by atoms with E-state index in [9.17, 15) is 4.79 Å². The number of benzene rings is 2. The number of carbonyl (C=O) groups is 1. The predicted molar refractivity (Wildman–Crippen MR) is 88.2 cm³/mol. The fourth-order valence-electron chi connectivity index (χ4n) is 2.30. The number of para-hydroxylation sites is 1. The van der Waals surface area contributed by atoms with E-state index in [2.05, 4.69) is 10.3 Å². The quantitative estimate of drug-likeness (QED) is 0.758. The van der Waals surface area contributed by atoms with Gasteiger partial charge >= 0.3 is 0 Å². The maximum atomic E-state index is 12.4. The normalized spacial score (nSPS) is 10.8. The van der Waals surface area contributed by atoms with Gasteiger partial charge < -0.3 is 0 Å². The molecule has 0 unspecified atom stereocenters. The van der Waals surface area contributed by atoms with Gasteiger partial charge in [-0.2, -0.15) is 0 Å². The SMILES string of the molecule is Cc1cccc(C(=O)Nc2nc3c(C)cccc3s2)c1C. The Bertz CT molecular complexity index is 836. The van der Waals surface area contributed by atoms with Crippen molar-refractivity contribution < 1.29 is 4.79 Å². The zero-order chi connectivity index (χ0) is 15.0. The number of aromatic nitrogens is 1. The number of nitrogens with one attached hydrogen (secondary N) is 1. The van der Waals surface area contributed by atoms with Gasteiger partial charge in [0.2, 0.25) is 0 Å². The Morgan fingerprint density at radius 1 is 1.05 bits per heavy atom. The van der Waals surface area contributed by atoms with Gasteiger partial charge in [0.05, 0.1) is 10.2 Å². The van der Waals surface area contributed by atoms with E-state index >= 15 is 0 Å². The molecule has 0 saturated heterocycles. The fourth-order valence-corrected chi connectivity index (χ4v) is 3.24. The predicted octanol–water partition coefficient (Wildman–Crippen LogP) is 4.47. The Balaban J connectivity index is 1.93. The number of hydrogen-bond donors (Lipinski definition) is 1. The molecule has 0 aliphatic carbocycles. The first kappa shape index (κ1) is 13.8. The lowest BCUT2D eigenvalue weighted by atomic mass is 10.0. The van der Waals surface area contributed by atoms with E-state index in [4.69, 9.17) is 0 Å². The first-order chi connectivity index (χ1) is 10.1. The summed E-state index contributed by atoms with van der Waals surface area (Å²) in [6, 6.07) is 11.8. The molecule has 0 saturated carbocycles. The van der Waals surface area contributed by atoms with Crippen molar-refractivity contribution in [2.45, 2.75) is 20.8 Å². The zero-order valence-corrected chi connectivity index (χ0v) is 13.0. The average molecular weight is 296 g/mol. The fraction of sp³-hybridized carbons (Fsp3) is 0.176. The number of carbonyl (C=O) groups excluding carboxylic acids is 1. The van der Waals surface area contributed by atoms with E-state index in [0.717, 1.165) is 26.9 Å². The second-order valence-electron chi connectivity index (χ2n) is 5.14. The van der Waals surface area contributed by atoms with Crippen LogP contribution in [0.25, 0.3) is 10.2 Å². The molecule has 3 aromatic rings. The third kappa shape index (κ3) is 2.54. The lowest BCUT2D eigenvalue weighted by Crippen LogP contribution is -2.13. The van der Waals surface area contributed by atoms with Gasteiger partial charge in [0.1, 0.15) is 0 Å². The number of amides is 1. The van der Waals surface area contributed by atoms with E-state index in [0.29, 0.717) is 10.7 Å². The first-order valence-electron chi connectivity index (χ1n) is 6.80. The van der Waals surface area contributed by atoms with Gasteiger partial charge in [-0.25, -0.2) is 4.98 Å². The van der Waals surface area contributed by atoms with Crippen LogP contribution < -0.4 is 5.32 Å². The van der Waals surface area contributed by atoms with Crippen molar-refractivity contribution >= 4 is 32.6 Å². The Hall–Kier alpha value is -2.20. The number of fused-ring (bicyclic) bond motifs is 1. The Labute approximate surface area is 127 Å². The van der Waals surface area contributed by atoms with Crippen LogP contribution in [0.5, 0.6) is 0 Å². The molecule has 0 bridgehead atoms. The van der Waals surface area contributed by atoms with Crippen molar-refractivity contribution in [1.29, 1.82) is 0 Å². The standard InChI is InChI=1S/C17H16N2OS/c1-10-6-4-8-13(12(10)3)16(20)19-17-18-15-11(2)7-5-9-14(15)21-17/h4-9H,1-3H3,(H,18,19,20). The van der Waals surface area contributed by atoms with Gasteiger partial charge in [0.25, 0.3) is 5.91 Å². The summed E-state index contributed by atoms with van der Waals surface area (Å²) >= 11 is 1.50. The van der Waals surface area contributed by atoms with Crippen LogP contribution >= 0.6 is 11.3 Å². The topological polar surface area (TPSA) is 42.0 Å². The molecule has 0 atom stereocenters. The second kappa shape index (κ2) is 5.30. The molecule has 1 N–H and O–H groups in total. The van der Waals surface area contributed by atoms with E-state index in [-0.39, 0.29) is 5.91 Å². The smallest absolute Gasteiger partial charge is 0.257 e. The molecule has 1 aromatic heterocycles. The van der Waals surface area contributed by atoms with Gasteiger partial charge in [-0.1, -0.05) is 35.6 Å². The average Bonchev–Trinajstić information content (AvgIpc) is 2.85. The lowest BCUT2D eigenvalue weighted by molar-refractivity contribution is 0.102. The second-order valence-corrected chi connectivity index (χ2v) is 6.17. The summed E-state index contributed by atoms with van der Waals surface area (Å²) < 4.78 is 1.09. The molecule has 2 aromatic carbocycles. The maximum absolute atomic E-state index is 12.4. The minimum absolute atomic E-state index is 0.104. The summed E-state index contributed by atoms with van der Waals surface area (Å²) in [5.41, 5.74) is 4.90. The number of thiazole rings is 1. The number of aryl methyl sites for hydroxylation is 2. The Kier molecular flexibility index (Phi) is 3.47. The monoisotopic (exact) mass is 296 g/mol. The van der Waals surface area contributed by atoms with Crippen molar-refractivity contribution in [2.75, 3.05) is 5.32 Å². The molecule has 0 aliphatic rings. The van der Waals surface area contributed by atoms with Crippen LogP contribution in [0.1, 0.15) is 27.0 Å². The molecule has 0 fully saturated rings. The van der Waals surface area contributed by atoms with Crippen LogP contribution in [-0.2, 0) is 0 Å². The van der Waals surface area contributed by atoms with Gasteiger partial charge in [0, 0.05) is 5.56 Å². The van der Waals surface area contributed by atoms with Crippen LogP contribution in [-0.4, -0.2) is 10.9 Å². The Morgan fingerprint density at radius 2 is 1.76 bits per heavy atom. The third-order valence-corrected chi connectivity index (χ3v) is 4.63.